The average Bonchev–Trinajstić information content (AvgIpc) is 2.86. The van der Waals surface area contributed by atoms with Gasteiger partial charge in [0.25, 0.3) is 0 Å². The lowest BCUT2D eigenvalue weighted by Crippen LogP contribution is -2.23. The molecule has 0 unspecified atom stereocenters. The van der Waals surface area contributed by atoms with Gasteiger partial charge in [0.1, 0.15) is 5.69 Å². The number of aromatic nitrogens is 1. The molecule has 112 valence electrons. The zero-order valence-electron chi connectivity index (χ0n) is 11.8. The molecule has 0 bridgehead atoms. The highest BCUT2D eigenvalue weighted by Crippen LogP contribution is 2.32. The highest BCUT2D eigenvalue weighted by Gasteiger charge is 2.25. The van der Waals surface area contributed by atoms with Crippen molar-refractivity contribution in [2.24, 2.45) is 0 Å². The third kappa shape index (κ3) is 2.48. The van der Waals surface area contributed by atoms with Gasteiger partial charge in [-0.1, -0.05) is 60.7 Å². The molecule has 3 rings (SSSR count). The maximum atomic E-state index is 12.1. The molecule has 0 amide bonds. The summed E-state index contributed by atoms with van der Waals surface area (Å²) in [6.45, 7) is 0. The normalized spacial score (nSPS) is 11.5. The Labute approximate surface area is 127 Å². The van der Waals surface area contributed by atoms with Crippen LogP contribution in [0.3, 0.4) is 0 Å². The van der Waals surface area contributed by atoms with E-state index in [1.165, 1.54) is 0 Å². The van der Waals surface area contributed by atoms with Gasteiger partial charge in [-0.2, -0.15) is 3.97 Å². The van der Waals surface area contributed by atoms with E-state index in [1.807, 2.05) is 12.1 Å². The van der Waals surface area contributed by atoms with Gasteiger partial charge >= 0.3 is 5.76 Å². The van der Waals surface area contributed by atoms with Gasteiger partial charge in [-0.3, -0.25) is 0 Å². The number of rotatable bonds is 3. The fourth-order valence-electron chi connectivity index (χ4n) is 2.29. The third-order valence-electron chi connectivity index (χ3n) is 3.19. The van der Waals surface area contributed by atoms with E-state index in [-0.39, 0.29) is 11.5 Å². The van der Waals surface area contributed by atoms with Crippen LogP contribution >= 0.6 is 0 Å². The van der Waals surface area contributed by atoms with Gasteiger partial charge in [0, 0.05) is 11.1 Å². The van der Waals surface area contributed by atoms with Crippen LogP contribution in [0, 0.1) is 0 Å². The molecule has 2 aromatic carbocycles. The monoisotopic (exact) mass is 315 g/mol. The Hall–Kier alpha value is -2.60. The second-order valence-corrected chi connectivity index (χ2v) is 6.64. The first kappa shape index (κ1) is 14.3. The Bertz CT molecular complexity index is 954. The van der Waals surface area contributed by atoms with Gasteiger partial charge in [-0.05, 0) is 0 Å². The molecule has 0 aliphatic heterocycles. The molecule has 6 heteroatoms. The predicted octanol–water partition coefficient (Wildman–Crippen LogP) is 2.58. The molecule has 0 aliphatic rings. The summed E-state index contributed by atoms with van der Waals surface area (Å²) in [7, 11) is -3.79. The minimum atomic E-state index is -3.79. The lowest BCUT2D eigenvalue weighted by molar-refractivity contribution is 0.515. The molecule has 22 heavy (non-hydrogen) atoms. The van der Waals surface area contributed by atoms with Crippen molar-refractivity contribution in [3.05, 3.63) is 71.2 Å². The molecule has 0 radical (unpaired) electrons. The van der Waals surface area contributed by atoms with Crippen molar-refractivity contribution < 1.29 is 12.8 Å². The number of hydrogen-bond donors (Lipinski definition) is 0. The molecule has 0 spiro atoms. The first-order valence-electron chi connectivity index (χ1n) is 6.56. The molecule has 3 aromatic rings. The topological polar surface area (TPSA) is 69.3 Å². The third-order valence-corrected chi connectivity index (χ3v) is 4.18. The summed E-state index contributed by atoms with van der Waals surface area (Å²) in [4.78, 5) is 12.1. The molecule has 0 saturated carbocycles. The molecule has 0 aliphatic carbocycles. The smallest absolute Gasteiger partial charge is 0.406 e. The van der Waals surface area contributed by atoms with Crippen LogP contribution in [0.15, 0.2) is 69.9 Å². The Balaban J connectivity index is 2.41. The summed E-state index contributed by atoms with van der Waals surface area (Å²) in [5.74, 6) is -0.678. The van der Waals surface area contributed by atoms with E-state index in [1.54, 1.807) is 48.5 Å². The van der Waals surface area contributed by atoms with E-state index >= 15 is 0 Å². The largest absolute Gasteiger partial charge is 0.434 e. The average molecular weight is 315 g/mol. The second-order valence-electron chi connectivity index (χ2n) is 4.81. The zero-order valence-corrected chi connectivity index (χ0v) is 12.6. The van der Waals surface area contributed by atoms with E-state index in [0.29, 0.717) is 15.1 Å². The maximum absolute atomic E-state index is 12.1. The van der Waals surface area contributed by atoms with Crippen LogP contribution in [-0.2, 0) is 10.0 Å². The van der Waals surface area contributed by atoms with E-state index in [4.69, 9.17) is 4.42 Å². The van der Waals surface area contributed by atoms with E-state index in [2.05, 4.69) is 0 Å². The van der Waals surface area contributed by atoms with Crippen LogP contribution in [0.1, 0.15) is 0 Å². The van der Waals surface area contributed by atoms with Crippen LogP contribution < -0.4 is 5.76 Å². The molecule has 5 nitrogen and oxygen atoms in total. The van der Waals surface area contributed by atoms with Crippen LogP contribution in [0.2, 0.25) is 0 Å². The summed E-state index contributed by atoms with van der Waals surface area (Å²) in [5, 5.41) is 0. The van der Waals surface area contributed by atoms with Gasteiger partial charge in [0.05, 0.1) is 6.26 Å². The van der Waals surface area contributed by atoms with Crippen molar-refractivity contribution in [3.8, 4) is 22.6 Å². The SMILES string of the molecule is CS(=O)(=O)n1c(-c2ccccc2)c(-c2ccccc2)oc1=O. The molecular formula is C16H13NO4S. The van der Waals surface area contributed by atoms with Gasteiger partial charge in [0.2, 0.25) is 10.0 Å². The highest BCUT2D eigenvalue weighted by molar-refractivity contribution is 7.89. The fraction of sp³-hybridized carbons (Fsp3) is 0.0625. The number of benzene rings is 2. The predicted molar refractivity (Wildman–Crippen MR) is 84.1 cm³/mol. The van der Waals surface area contributed by atoms with E-state index < -0.39 is 15.8 Å². The summed E-state index contributed by atoms with van der Waals surface area (Å²) >= 11 is 0. The minimum absolute atomic E-state index is 0.235. The summed E-state index contributed by atoms with van der Waals surface area (Å²) in [6.07, 6.45) is 0.977. The van der Waals surface area contributed by atoms with E-state index in [9.17, 15) is 13.2 Å². The Morgan fingerprint density at radius 3 is 1.86 bits per heavy atom. The van der Waals surface area contributed by atoms with E-state index in [0.717, 1.165) is 6.26 Å². The van der Waals surface area contributed by atoms with Crippen LogP contribution in [0.25, 0.3) is 22.6 Å². The minimum Gasteiger partial charge on any atom is -0.406 e. The molecule has 0 saturated heterocycles. The van der Waals surface area contributed by atoms with Crippen molar-refractivity contribution in [1.82, 2.24) is 3.97 Å². The van der Waals surface area contributed by atoms with Gasteiger partial charge in [-0.15, -0.1) is 0 Å². The van der Waals surface area contributed by atoms with Gasteiger partial charge < -0.3 is 4.42 Å². The number of nitrogens with zero attached hydrogens (tertiary/aromatic N) is 1. The number of hydrogen-bond acceptors (Lipinski definition) is 4. The molecule has 0 N–H and O–H groups in total. The summed E-state index contributed by atoms with van der Waals surface area (Å²) < 4.78 is 29.9. The zero-order chi connectivity index (χ0) is 15.7. The van der Waals surface area contributed by atoms with Crippen LogP contribution in [-0.4, -0.2) is 18.6 Å². The van der Waals surface area contributed by atoms with Crippen molar-refractivity contribution in [2.45, 2.75) is 0 Å². The first-order valence-corrected chi connectivity index (χ1v) is 8.40. The van der Waals surface area contributed by atoms with Crippen molar-refractivity contribution in [2.75, 3.05) is 6.26 Å². The Morgan fingerprint density at radius 2 is 1.36 bits per heavy atom. The lowest BCUT2D eigenvalue weighted by atomic mass is 10.1. The first-order chi connectivity index (χ1) is 10.5. The summed E-state index contributed by atoms with van der Waals surface area (Å²) in [5.41, 5.74) is 1.47. The summed E-state index contributed by atoms with van der Waals surface area (Å²) in [6, 6.07) is 17.8. The van der Waals surface area contributed by atoms with Crippen molar-refractivity contribution in [3.63, 3.8) is 0 Å². The molecule has 0 atom stereocenters. The molecule has 1 aromatic heterocycles. The Kier molecular flexibility index (Phi) is 3.46. The van der Waals surface area contributed by atoms with Gasteiger partial charge in [-0.25, -0.2) is 13.2 Å². The number of oxazole rings is 1. The van der Waals surface area contributed by atoms with Crippen LogP contribution in [0.4, 0.5) is 0 Å². The van der Waals surface area contributed by atoms with Crippen LogP contribution in [0.5, 0.6) is 0 Å². The van der Waals surface area contributed by atoms with Crippen molar-refractivity contribution in [1.29, 1.82) is 0 Å². The standard InChI is InChI=1S/C16H13NO4S/c1-22(19,20)17-14(12-8-4-2-5-9-12)15(21-16(17)18)13-10-6-3-7-11-13/h2-11H,1H3. The van der Waals surface area contributed by atoms with Crippen molar-refractivity contribution >= 4 is 10.0 Å². The highest BCUT2D eigenvalue weighted by atomic mass is 32.2. The molecule has 1 heterocycles. The van der Waals surface area contributed by atoms with Gasteiger partial charge in [0.15, 0.2) is 5.76 Å². The fourth-order valence-corrected chi connectivity index (χ4v) is 3.12. The second kappa shape index (κ2) is 5.31. The quantitative estimate of drug-likeness (QED) is 0.745. The molecular weight excluding hydrogens is 302 g/mol. The Morgan fingerprint density at radius 1 is 0.864 bits per heavy atom. The maximum Gasteiger partial charge on any atom is 0.434 e. The molecule has 0 fully saturated rings. The lowest BCUT2D eigenvalue weighted by Gasteiger charge is -2.06.